The molecule has 7 heteroatoms. The van der Waals surface area contributed by atoms with E-state index in [0.29, 0.717) is 34.1 Å². The summed E-state index contributed by atoms with van der Waals surface area (Å²) in [6.45, 7) is 1.67. The zero-order chi connectivity index (χ0) is 27.4. The average molecular weight is 518 g/mol. The van der Waals surface area contributed by atoms with E-state index in [9.17, 15) is 14.9 Å². The molecule has 1 amide bonds. The Kier molecular flexibility index (Phi) is 7.37. The first kappa shape index (κ1) is 25.7. The van der Waals surface area contributed by atoms with E-state index in [0.717, 1.165) is 34.6 Å². The van der Waals surface area contributed by atoms with Gasteiger partial charge in [0.2, 0.25) is 0 Å². The van der Waals surface area contributed by atoms with E-state index in [-0.39, 0.29) is 5.92 Å². The molecular weight excluding hydrogens is 490 g/mol. The lowest BCUT2D eigenvalue weighted by atomic mass is 9.80. The van der Waals surface area contributed by atoms with E-state index in [4.69, 9.17) is 14.5 Å². The zero-order valence-electron chi connectivity index (χ0n) is 21.7. The van der Waals surface area contributed by atoms with Crippen LogP contribution in [-0.2, 0) is 16.0 Å². The molecule has 0 unspecified atom stereocenters. The Bertz CT molecular complexity index is 1630. The predicted molar refractivity (Wildman–Crippen MR) is 150 cm³/mol. The minimum absolute atomic E-state index is 0.280. The second-order valence-corrected chi connectivity index (χ2v) is 9.57. The number of carbonyl (C=O) groups excluding carboxylic acids is 2. The van der Waals surface area contributed by atoms with Gasteiger partial charge in [-0.3, -0.25) is 4.79 Å². The van der Waals surface area contributed by atoms with Gasteiger partial charge in [-0.25, -0.2) is 9.78 Å². The third kappa shape index (κ3) is 5.51. The number of amides is 1. The van der Waals surface area contributed by atoms with Gasteiger partial charge in [0.25, 0.3) is 5.91 Å². The minimum atomic E-state index is -0.577. The molecule has 7 nitrogen and oxygen atoms in total. The normalized spacial score (nSPS) is 15.3. The molecule has 0 saturated carbocycles. The number of aromatic nitrogens is 1. The van der Waals surface area contributed by atoms with Crippen molar-refractivity contribution in [1.29, 1.82) is 5.26 Å². The van der Waals surface area contributed by atoms with Crippen LogP contribution in [0.15, 0.2) is 72.8 Å². The van der Waals surface area contributed by atoms with Crippen molar-refractivity contribution in [3.63, 3.8) is 0 Å². The van der Waals surface area contributed by atoms with Gasteiger partial charge in [0.05, 0.1) is 35.1 Å². The summed E-state index contributed by atoms with van der Waals surface area (Å²) in [6.07, 6.45) is 3.59. The number of carbonyl (C=O) groups is 2. The Morgan fingerprint density at radius 3 is 2.56 bits per heavy atom. The molecule has 0 fully saturated rings. The lowest BCUT2D eigenvalue weighted by Crippen LogP contribution is -2.23. The lowest BCUT2D eigenvalue weighted by Gasteiger charge is -2.26. The van der Waals surface area contributed by atoms with Gasteiger partial charge in [0.1, 0.15) is 11.8 Å². The Morgan fingerprint density at radius 1 is 1.05 bits per heavy atom. The van der Waals surface area contributed by atoms with Crippen molar-refractivity contribution in [2.45, 2.75) is 19.8 Å². The van der Waals surface area contributed by atoms with Gasteiger partial charge in [0.15, 0.2) is 6.61 Å². The number of esters is 1. The number of nitrogens with one attached hydrogen (secondary N) is 1. The average Bonchev–Trinajstić information content (AvgIpc) is 2.95. The summed E-state index contributed by atoms with van der Waals surface area (Å²) in [5.74, 6) is -0.0376. The standard InChI is InChI=1S/C32H27N3O4/c1-20-15-23(17-21-11-13-24(38-2)14-12-21)31-26(16-20)30(25-8-4-6-10-28(25)35-31)32(37)39-19-29(36)34-27-9-5-3-7-22(27)18-33/h3-14,17,20H,15-16,19H2,1-2H3,(H,34,36)/b23-17-/t20-/m1/s1. The van der Waals surface area contributed by atoms with Crippen LogP contribution in [0.1, 0.15) is 46.1 Å². The van der Waals surface area contributed by atoms with Gasteiger partial charge in [-0.05, 0) is 71.9 Å². The number of ether oxygens (including phenoxy) is 2. The number of benzene rings is 3. The first-order valence-electron chi connectivity index (χ1n) is 12.7. The van der Waals surface area contributed by atoms with E-state index in [2.05, 4.69) is 18.3 Å². The smallest absolute Gasteiger partial charge is 0.339 e. The van der Waals surface area contributed by atoms with E-state index in [1.54, 1.807) is 31.4 Å². The highest BCUT2D eigenvalue weighted by molar-refractivity contribution is 6.07. The molecule has 194 valence electrons. The van der Waals surface area contributed by atoms with Crippen LogP contribution < -0.4 is 10.1 Å². The second kappa shape index (κ2) is 11.2. The summed E-state index contributed by atoms with van der Waals surface area (Å²) in [7, 11) is 1.64. The number of para-hydroxylation sites is 2. The third-order valence-corrected chi connectivity index (χ3v) is 6.74. The van der Waals surface area contributed by atoms with Crippen LogP contribution in [0.4, 0.5) is 5.69 Å². The van der Waals surface area contributed by atoms with Gasteiger partial charge >= 0.3 is 5.97 Å². The van der Waals surface area contributed by atoms with E-state index in [1.807, 2.05) is 54.6 Å². The summed E-state index contributed by atoms with van der Waals surface area (Å²) in [4.78, 5) is 31.1. The highest BCUT2D eigenvalue weighted by Gasteiger charge is 2.29. The van der Waals surface area contributed by atoms with Crippen molar-refractivity contribution < 1.29 is 19.1 Å². The fraction of sp³-hybridized carbons (Fsp3) is 0.188. The summed E-state index contributed by atoms with van der Waals surface area (Å²) < 4.78 is 10.8. The van der Waals surface area contributed by atoms with Crippen LogP contribution >= 0.6 is 0 Å². The van der Waals surface area contributed by atoms with Gasteiger partial charge < -0.3 is 14.8 Å². The van der Waals surface area contributed by atoms with Crippen LogP contribution in [0.5, 0.6) is 5.75 Å². The van der Waals surface area contributed by atoms with Crippen LogP contribution in [0.3, 0.4) is 0 Å². The van der Waals surface area contributed by atoms with Crippen LogP contribution in [0.2, 0.25) is 0 Å². The minimum Gasteiger partial charge on any atom is -0.497 e. The molecule has 4 aromatic rings. The van der Waals surface area contributed by atoms with Gasteiger partial charge in [-0.15, -0.1) is 0 Å². The maximum absolute atomic E-state index is 13.5. The van der Waals surface area contributed by atoms with Gasteiger partial charge in [0, 0.05) is 5.39 Å². The van der Waals surface area contributed by atoms with Crippen LogP contribution in [0.25, 0.3) is 22.6 Å². The largest absolute Gasteiger partial charge is 0.497 e. The second-order valence-electron chi connectivity index (χ2n) is 9.57. The van der Waals surface area contributed by atoms with Gasteiger partial charge in [-0.1, -0.05) is 49.4 Å². The Hall–Kier alpha value is -4.96. The molecule has 1 aromatic heterocycles. The molecule has 1 atom stereocenters. The molecule has 0 spiro atoms. The van der Waals surface area contributed by atoms with Crippen molar-refractivity contribution in [2.24, 2.45) is 5.92 Å². The summed E-state index contributed by atoms with van der Waals surface area (Å²) in [5.41, 5.74) is 5.48. The van der Waals surface area contributed by atoms with Gasteiger partial charge in [-0.2, -0.15) is 5.26 Å². The molecule has 0 saturated heterocycles. The Balaban J connectivity index is 1.48. The molecule has 39 heavy (non-hydrogen) atoms. The SMILES string of the molecule is COc1ccc(/C=C2/C[C@@H](C)Cc3c2nc2ccccc2c3C(=O)OCC(=O)Nc2ccccc2C#N)cc1. The Morgan fingerprint density at radius 2 is 1.79 bits per heavy atom. The summed E-state index contributed by atoms with van der Waals surface area (Å²) in [5, 5.41) is 12.6. The highest BCUT2D eigenvalue weighted by Crippen LogP contribution is 2.39. The fourth-order valence-corrected chi connectivity index (χ4v) is 4.95. The van der Waals surface area contributed by atoms with E-state index in [1.165, 1.54) is 0 Å². The molecule has 0 aliphatic heterocycles. The summed E-state index contributed by atoms with van der Waals surface area (Å²) in [6, 6.07) is 24.0. The van der Waals surface area contributed by atoms with Crippen molar-refractivity contribution >= 4 is 40.1 Å². The predicted octanol–water partition coefficient (Wildman–Crippen LogP) is 6.03. The third-order valence-electron chi connectivity index (χ3n) is 6.74. The molecule has 5 rings (SSSR count). The summed E-state index contributed by atoms with van der Waals surface area (Å²) >= 11 is 0. The maximum atomic E-state index is 13.5. The van der Waals surface area contributed by atoms with Crippen molar-refractivity contribution in [3.8, 4) is 11.8 Å². The number of pyridine rings is 1. The number of nitrogens with zero attached hydrogens (tertiary/aromatic N) is 2. The molecule has 1 aliphatic rings. The number of fused-ring (bicyclic) bond motifs is 2. The Labute approximate surface area is 226 Å². The number of rotatable bonds is 6. The van der Waals surface area contributed by atoms with E-state index < -0.39 is 18.5 Å². The number of anilines is 1. The van der Waals surface area contributed by atoms with E-state index >= 15 is 0 Å². The molecule has 3 aromatic carbocycles. The molecular formula is C32H27N3O4. The van der Waals surface area contributed by atoms with Crippen LogP contribution in [-0.4, -0.2) is 30.6 Å². The van der Waals surface area contributed by atoms with Crippen molar-refractivity contribution in [3.05, 3.63) is 101 Å². The maximum Gasteiger partial charge on any atom is 0.339 e. The fourth-order valence-electron chi connectivity index (χ4n) is 4.95. The lowest BCUT2D eigenvalue weighted by molar-refractivity contribution is -0.119. The first-order valence-corrected chi connectivity index (χ1v) is 12.7. The quantitative estimate of drug-likeness (QED) is 0.313. The molecule has 1 heterocycles. The zero-order valence-corrected chi connectivity index (χ0v) is 21.7. The highest BCUT2D eigenvalue weighted by atomic mass is 16.5. The molecule has 1 aliphatic carbocycles. The number of hydrogen-bond donors (Lipinski definition) is 1. The van der Waals surface area contributed by atoms with Crippen molar-refractivity contribution in [2.75, 3.05) is 19.0 Å². The van der Waals surface area contributed by atoms with Crippen LogP contribution in [0, 0.1) is 17.2 Å². The molecule has 0 bridgehead atoms. The number of hydrogen-bond acceptors (Lipinski definition) is 6. The number of nitriles is 1. The molecule has 0 radical (unpaired) electrons. The van der Waals surface area contributed by atoms with Crippen molar-refractivity contribution in [1.82, 2.24) is 4.98 Å². The number of allylic oxidation sites excluding steroid dienone is 1. The topological polar surface area (TPSA) is 101 Å². The molecule has 1 N–H and O–H groups in total. The monoisotopic (exact) mass is 517 g/mol. The first-order chi connectivity index (χ1) is 19.0. The number of methoxy groups -OCH3 is 1.